The van der Waals surface area contributed by atoms with Crippen molar-refractivity contribution in [3.8, 4) is 5.88 Å². The van der Waals surface area contributed by atoms with Crippen LogP contribution in [0.5, 0.6) is 5.88 Å². The van der Waals surface area contributed by atoms with Gasteiger partial charge in [-0.3, -0.25) is 4.98 Å². The first-order valence-electron chi connectivity index (χ1n) is 5.72. The average Bonchev–Trinajstić information content (AvgIpc) is 2.16. The van der Waals surface area contributed by atoms with Crippen molar-refractivity contribution in [1.82, 2.24) is 15.3 Å². The van der Waals surface area contributed by atoms with Crippen LogP contribution >= 0.6 is 0 Å². The van der Waals surface area contributed by atoms with E-state index in [4.69, 9.17) is 4.74 Å². The lowest BCUT2D eigenvalue weighted by Crippen LogP contribution is -2.24. The Morgan fingerprint density at radius 1 is 1.31 bits per heavy atom. The highest BCUT2D eigenvalue weighted by atomic mass is 16.5. The Hall–Kier alpha value is -1.16. The van der Waals surface area contributed by atoms with Crippen molar-refractivity contribution in [2.45, 2.75) is 46.3 Å². The first kappa shape index (κ1) is 12.9. The minimum Gasteiger partial charge on any atom is -0.471 e. The van der Waals surface area contributed by atoms with Gasteiger partial charge in [0.1, 0.15) is 5.60 Å². The maximum absolute atomic E-state index is 5.65. The molecule has 0 fully saturated rings. The van der Waals surface area contributed by atoms with Gasteiger partial charge in [0.05, 0.1) is 11.9 Å². The molecule has 1 rings (SSSR count). The average molecular weight is 223 g/mol. The van der Waals surface area contributed by atoms with E-state index in [1.165, 1.54) is 0 Å². The van der Waals surface area contributed by atoms with Gasteiger partial charge >= 0.3 is 0 Å². The van der Waals surface area contributed by atoms with E-state index in [0.717, 1.165) is 25.2 Å². The number of ether oxygens (including phenoxy) is 1. The topological polar surface area (TPSA) is 47.0 Å². The van der Waals surface area contributed by atoms with Gasteiger partial charge in [-0.05, 0) is 33.7 Å². The van der Waals surface area contributed by atoms with Gasteiger partial charge in [-0.1, -0.05) is 6.92 Å². The van der Waals surface area contributed by atoms with Gasteiger partial charge in [-0.2, -0.15) is 0 Å². The summed E-state index contributed by atoms with van der Waals surface area (Å²) < 4.78 is 5.65. The van der Waals surface area contributed by atoms with Gasteiger partial charge in [0.25, 0.3) is 0 Å². The molecule has 0 atom stereocenters. The third kappa shape index (κ3) is 5.07. The summed E-state index contributed by atoms with van der Waals surface area (Å²) in [6.45, 7) is 9.86. The first-order chi connectivity index (χ1) is 7.51. The summed E-state index contributed by atoms with van der Waals surface area (Å²) in [5, 5.41) is 3.28. The van der Waals surface area contributed by atoms with Crippen LogP contribution < -0.4 is 10.1 Å². The predicted octanol–water partition coefficient (Wildman–Crippen LogP) is 2.15. The van der Waals surface area contributed by atoms with E-state index in [9.17, 15) is 0 Å². The van der Waals surface area contributed by atoms with Crippen molar-refractivity contribution >= 4 is 0 Å². The van der Waals surface area contributed by atoms with E-state index in [1.54, 1.807) is 12.4 Å². The summed E-state index contributed by atoms with van der Waals surface area (Å²) in [7, 11) is 0. The minimum absolute atomic E-state index is 0.232. The fourth-order valence-electron chi connectivity index (χ4n) is 1.23. The summed E-state index contributed by atoms with van der Waals surface area (Å²) >= 11 is 0. The molecule has 0 aromatic carbocycles. The van der Waals surface area contributed by atoms with Crippen molar-refractivity contribution < 1.29 is 4.74 Å². The molecule has 1 aromatic rings. The van der Waals surface area contributed by atoms with Crippen LogP contribution in [0.3, 0.4) is 0 Å². The molecule has 0 aliphatic rings. The maximum atomic E-state index is 5.65. The Labute approximate surface area is 97.5 Å². The maximum Gasteiger partial charge on any atom is 0.233 e. The summed E-state index contributed by atoms with van der Waals surface area (Å²) in [6.07, 6.45) is 4.53. The van der Waals surface area contributed by atoms with Crippen LogP contribution in [-0.4, -0.2) is 22.1 Å². The summed E-state index contributed by atoms with van der Waals surface area (Å²) in [4.78, 5) is 8.50. The van der Waals surface area contributed by atoms with E-state index in [2.05, 4.69) is 22.2 Å². The van der Waals surface area contributed by atoms with Gasteiger partial charge in [0, 0.05) is 12.7 Å². The molecule has 1 heterocycles. The first-order valence-corrected chi connectivity index (χ1v) is 5.72. The molecule has 0 aliphatic carbocycles. The Balaban J connectivity index is 2.57. The van der Waals surface area contributed by atoms with Gasteiger partial charge in [-0.25, -0.2) is 4.98 Å². The molecule has 90 valence electrons. The molecule has 0 saturated carbocycles. The molecule has 0 bridgehead atoms. The molecule has 1 N–H and O–H groups in total. The zero-order chi connectivity index (χ0) is 12.0. The fourth-order valence-corrected chi connectivity index (χ4v) is 1.23. The van der Waals surface area contributed by atoms with Crippen molar-refractivity contribution in [2.75, 3.05) is 6.54 Å². The van der Waals surface area contributed by atoms with E-state index in [-0.39, 0.29) is 5.60 Å². The third-order valence-electron chi connectivity index (χ3n) is 1.81. The zero-order valence-corrected chi connectivity index (χ0v) is 10.6. The second-order valence-electron chi connectivity index (χ2n) is 4.74. The van der Waals surface area contributed by atoms with Gasteiger partial charge in [0.15, 0.2) is 0 Å². The summed E-state index contributed by atoms with van der Waals surface area (Å²) in [6, 6.07) is 0. The van der Waals surface area contributed by atoms with Crippen molar-refractivity contribution in [3.05, 3.63) is 18.1 Å². The van der Waals surface area contributed by atoms with Gasteiger partial charge in [-0.15, -0.1) is 0 Å². The summed E-state index contributed by atoms with van der Waals surface area (Å²) in [5.74, 6) is 0.586. The van der Waals surface area contributed by atoms with Crippen LogP contribution in [0.1, 0.15) is 39.8 Å². The number of aromatic nitrogens is 2. The molecule has 4 heteroatoms. The number of hydrogen-bond acceptors (Lipinski definition) is 4. The Morgan fingerprint density at radius 3 is 2.69 bits per heavy atom. The normalized spacial score (nSPS) is 11.5. The molecule has 0 aliphatic heterocycles. The van der Waals surface area contributed by atoms with Crippen LogP contribution in [0.4, 0.5) is 0 Å². The van der Waals surface area contributed by atoms with Crippen molar-refractivity contribution in [3.63, 3.8) is 0 Å². The largest absolute Gasteiger partial charge is 0.471 e. The molecule has 0 amide bonds. The molecular weight excluding hydrogens is 202 g/mol. The molecule has 0 saturated heterocycles. The zero-order valence-electron chi connectivity index (χ0n) is 10.6. The van der Waals surface area contributed by atoms with Crippen molar-refractivity contribution in [1.29, 1.82) is 0 Å². The molecular formula is C12H21N3O. The van der Waals surface area contributed by atoms with E-state index >= 15 is 0 Å². The smallest absolute Gasteiger partial charge is 0.233 e. The number of hydrogen-bond donors (Lipinski definition) is 1. The van der Waals surface area contributed by atoms with Gasteiger partial charge < -0.3 is 10.1 Å². The van der Waals surface area contributed by atoms with Crippen LogP contribution in [0.2, 0.25) is 0 Å². The quantitative estimate of drug-likeness (QED) is 0.777. The molecule has 0 unspecified atom stereocenters. The van der Waals surface area contributed by atoms with E-state index in [0.29, 0.717) is 5.88 Å². The molecule has 16 heavy (non-hydrogen) atoms. The minimum atomic E-state index is -0.232. The summed E-state index contributed by atoms with van der Waals surface area (Å²) in [5.41, 5.74) is 0.680. The lowest BCUT2D eigenvalue weighted by atomic mass is 10.2. The predicted molar refractivity (Wildman–Crippen MR) is 64.4 cm³/mol. The highest BCUT2D eigenvalue weighted by Gasteiger charge is 2.12. The molecule has 1 aromatic heterocycles. The van der Waals surface area contributed by atoms with Gasteiger partial charge in [0.2, 0.25) is 5.88 Å². The lowest BCUT2D eigenvalue weighted by Gasteiger charge is -2.20. The lowest BCUT2D eigenvalue weighted by molar-refractivity contribution is 0.123. The molecule has 0 radical (unpaired) electrons. The Bertz CT molecular complexity index is 320. The monoisotopic (exact) mass is 223 g/mol. The fraction of sp³-hybridized carbons (Fsp3) is 0.667. The second kappa shape index (κ2) is 5.80. The number of rotatable bonds is 5. The van der Waals surface area contributed by atoms with Crippen LogP contribution in [0.25, 0.3) is 0 Å². The van der Waals surface area contributed by atoms with Crippen LogP contribution in [0.15, 0.2) is 12.4 Å². The molecule has 0 spiro atoms. The molecule has 4 nitrogen and oxygen atoms in total. The van der Waals surface area contributed by atoms with Crippen LogP contribution in [0, 0.1) is 0 Å². The second-order valence-corrected chi connectivity index (χ2v) is 4.74. The Morgan fingerprint density at radius 2 is 2.06 bits per heavy atom. The standard InChI is InChI=1S/C12H21N3O/c1-5-6-13-7-10-8-14-9-11(15-10)16-12(2,3)4/h8-9,13H,5-7H2,1-4H3. The highest BCUT2D eigenvalue weighted by Crippen LogP contribution is 2.13. The number of nitrogens with one attached hydrogen (secondary N) is 1. The van der Waals surface area contributed by atoms with Crippen LogP contribution in [-0.2, 0) is 6.54 Å². The van der Waals surface area contributed by atoms with E-state index < -0.39 is 0 Å². The van der Waals surface area contributed by atoms with E-state index in [1.807, 2.05) is 20.8 Å². The van der Waals surface area contributed by atoms with Crippen molar-refractivity contribution in [2.24, 2.45) is 0 Å². The highest BCUT2D eigenvalue weighted by molar-refractivity contribution is 5.09. The Kier molecular flexibility index (Phi) is 4.68. The SMILES string of the molecule is CCCNCc1cncc(OC(C)(C)C)n1. The third-order valence-corrected chi connectivity index (χ3v) is 1.81. The number of nitrogens with zero attached hydrogens (tertiary/aromatic N) is 2.